The molecule has 0 N–H and O–H groups in total. The molecule has 6 aromatic rings. The second-order valence-electron chi connectivity index (χ2n) is 11.1. The maximum absolute atomic E-state index is 15.6. The highest BCUT2D eigenvalue weighted by molar-refractivity contribution is 5.81. The van der Waals surface area contributed by atoms with E-state index in [-0.39, 0.29) is 11.4 Å². The lowest BCUT2D eigenvalue weighted by atomic mass is 9.87. The number of pyridine rings is 1. The Kier molecular flexibility index (Phi) is 6.53. The number of benzene rings is 3. The van der Waals surface area contributed by atoms with Crippen molar-refractivity contribution in [3.63, 3.8) is 0 Å². The first kappa shape index (κ1) is 26.3. The molecule has 0 atom stereocenters. The lowest BCUT2D eigenvalue weighted by Gasteiger charge is -2.21. The monoisotopic (exact) mass is 546 g/mol. The van der Waals surface area contributed by atoms with Gasteiger partial charge in [-0.05, 0) is 48.2 Å². The first-order chi connectivity index (χ1) is 19.7. The van der Waals surface area contributed by atoms with Crippen LogP contribution in [0.3, 0.4) is 0 Å². The Bertz CT molecular complexity index is 1850. The first-order valence-electron chi connectivity index (χ1n) is 13.5. The van der Waals surface area contributed by atoms with Gasteiger partial charge in [0.2, 0.25) is 5.95 Å². The molecule has 0 aliphatic rings. The number of halogens is 1. The molecule has 0 aliphatic heterocycles. The third-order valence-corrected chi connectivity index (χ3v) is 7.20. The number of rotatable bonds is 6. The van der Waals surface area contributed by atoms with Gasteiger partial charge in [-0.1, -0.05) is 67.7 Å². The Morgan fingerprint density at radius 3 is 2.41 bits per heavy atom. The Labute approximate surface area is 238 Å². The van der Waals surface area contributed by atoms with Crippen LogP contribution in [0.5, 0.6) is 11.5 Å². The van der Waals surface area contributed by atoms with Gasteiger partial charge >= 0.3 is 0 Å². The zero-order valence-corrected chi connectivity index (χ0v) is 23.7. The summed E-state index contributed by atoms with van der Waals surface area (Å²) in [5, 5.41) is 0.627. The van der Waals surface area contributed by atoms with E-state index in [0.29, 0.717) is 33.6 Å². The minimum absolute atomic E-state index is 0.0942. The van der Waals surface area contributed by atoms with E-state index < -0.39 is 0 Å². The van der Waals surface area contributed by atoms with E-state index in [1.807, 2.05) is 84.3 Å². The van der Waals surface area contributed by atoms with Gasteiger partial charge in [0.05, 0.1) is 22.4 Å². The molecule has 3 aromatic heterocycles. The number of hydrogen-bond acceptors (Lipinski definition) is 5. The highest BCUT2D eigenvalue weighted by Crippen LogP contribution is 2.34. The number of ether oxygens (including phenoxy) is 1. The molecule has 0 aliphatic carbocycles. The van der Waals surface area contributed by atoms with Gasteiger partial charge in [-0.15, -0.1) is 5.12 Å². The van der Waals surface area contributed by atoms with Crippen LogP contribution < -0.4 is 9.86 Å². The predicted molar refractivity (Wildman–Crippen MR) is 161 cm³/mol. The lowest BCUT2D eigenvalue weighted by molar-refractivity contribution is 0.482. The third-order valence-electron chi connectivity index (χ3n) is 7.20. The molecule has 7 nitrogen and oxygen atoms in total. The summed E-state index contributed by atoms with van der Waals surface area (Å²) in [4.78, 5) is 13.7. The number of imidazole rings is 2. The van der Waals surface area contributed by atoms with E-state index in [1.54, 1.807) is 36.3 Å². The van der Waals surface area contributed by atoms with Gasteiger partial charge in [0.1, 0.15) is 23.6 Å². The summed E-state index contributed by atoms with van der Waals surface area (Å²) in [5.74, 6) is 2.10. The van der Waals surface area contributed by atoms with E-state index in [9.17, 15) is 0 Å². The summed E-state index contributed by atoms with van der Waals surface area (Å²) in [7, 11) is 1.80. The highest BCUT2D eigenvalue weighted by atomic mass is 19.2. The van der Waals surface area contributed by atoms with Gasteiger partial charge in [-0.3, -0.25) is 4.57 Å². The molecular weight excluding hydrogens is 515 g/mol. The van der Waals surface area contributed by atoms with Crippen LogP contribution in [-0.4, -0.2) is 24.1 Å². The fourth-order valence-electron chi connectivity index (χ4n) is 4.87. The standard InChI is InChI=1S/C33H31FN6O/c1-22-31(23-10-7-6-8-11-23)36-21-39(22)30-20-27(16-17-35-30)41-26-14-15-29-28(19-26)37-32(38(29)5)40(34)25-13-9-12-24(18-25)33(2,3)4/h6-21H,1-5H3. The van der Waals surface area contributed by atoms with E-state index in [0.717, 1.165) is 28.0 Å². The normalized spacial score (nSPS) is 11.7. The number of hydrogen-bond donors (Lipinski definition) is 0. The Hall–Kier alpha value is -4.98. The van der Waals surface area contributed by atoms with Crippen molar-refractivity contribution in [2.24, 2.45) is 7.05 Å². The molecule has 0 bridgehead atoms. The molecule has 0 amide bonds. The summed E-state index contributed by atoms with van der Waals surface area (Å²) in [5.41, 5.74) is 5.74. The smallest absolute Gasteiger partial charge is 0.240 e. The molecule has 0 spiro atoms. The van der Waals surface area contributed by atoms with E-state index in [1.165, 1.54) is 0 Å². The van der Waals surface area contributed by atoms with Crippen LogP contribution >= 0.6 is 0 Å². The minimum Gasteiger partial charge on any atom is -0.457 e. The number of fused-ring (bicyclic) bond motifs is 1. The van der Waals surface area contributed by atoms with Crippen LogP contribution in [0.15, 0.2) is 97.5 Å². The molecule has 3 aromatic carbocycles. The summed E-state index contributed by atoms with van der Waals surface area (Å²) in [6.45, 7) is 8.34. The Morgan fingerprint density at radius 2 is 1.63 bits per heavy atom. The van der Waals surface area contributed by atoms with Crippen molar-refractivity contribution < 1.29 is 9.22 Å². The molecule has 0 radical (unpaired) electrons. The second kappa shape index (κ2) is 10.2. The van der Waals surface area contributed by atoms with E-state index in [2.05, 4.69) is 35.7 Å². The van der Waals surface area contributed by atoms with Crippen LogP contribution in [0, 0.1) is 6.92 Å². The zero-order chi connectivity index (χ0) is 28.7. The van der Waals surface area contributed by atoms with Crippen molar-refractivity contribution in [2.75, 3.05) is 5.12 Å². The maximum atomic E-state index is 15.6. The number of anilines is 2. The zero-order valence-electron chi connectivity index (χ0n) is 23.7. The van der Waals surface area contributed by atoms with E-state index in [4.69, 9.17) is 4.74 Å². The number of aryl methyl sites for hydroxylation is 1. The second-order valence-corrected chi connectivity index (χ2v) is 11.1. The van der Waals surface area contributed by atoms with Crippen LogP contribution in [0.25, 0.3) is 28.1 Å². The number of nitrogens with zero attached hydrogens (tertiary/aromatic N) is 6. The molecule has 6 rings (SSSR count). The molecule has 206 valence electrons. The fourth-order valence-corrected chi connectivity index (χ4v) is 4.87. The highest BCUT2D eigenvalue weighted by Gasteiger charge is 2.20. The van der Waals surface area contributed by atoms with Crippen molar-refractivity contribution in [1.82, 2.24) is 24.1 Å². The average molecular weight is 547 g/mol. The van der Waals surface area contributed by atoms with Gasteiger partial charge in [-0.25, -0.2) is 15.0 Å². The fraction of sp³-hybridized carbons (Fsp3) is 0.182. The van der Waals surface area contributed by atoms with Crippen molar-refractivity contribution >= 4 is 22.7 Å². The molecule has 0 unspecified atom stereocenters. The number of aromatic nitrogens is 5. The van der Waals surface area contributed by atoms with Crippen LogP contribution in [-0.2, 0) is 12.5 Å². The Balaban J connectivity index is 1.27. The molecule has 0 saturated heterocycles. The quantitative estimate of drug-likeness (QED) is 0.197. The topological polar surface area (TPSA) is 61.0 Å². The summed E-state index contributed by atoms with van der Waals surface area (Å²) in [6.07, 6.45) is 3.47. The van der Waals surface area contributed by atoms with Gasteiger partial charge in [0.25, 0.3) is 0 Å². The van der Waals surface area contributed by atoms with Crippen molar-refractivity contribution in [2.45, 2.75) is 33.1 Å². The largest absolute Gasteiger partial charge is 0.457 e. The molecule has 41 heavy (non-hydrogen) atoms. The third kappa shape index (κ3) is 5.04. The summed E-state index contributed by atoms with van der Waals surface area (Å²) < 4.78 is 25.5. The molecule has 0 fully saturated rings. The predicted octanol–water partition coefficient (Wildman–Crippen LogP) is 8.24. The van der Waals surface area contributed by atoms with Gasteiger partial charge < -0.3 is 9.30 Å². The minimum atomic E-state index is -0.0942. The van der Waals surface area contributed by atoms with Crippen molar-refractivity contribution in [1.29, 1.82) is 0 Å². The molecule has 0 saturated carbocycles. The summed E-state index contributed by atoms with van der Waals surface area (Å²) in [6, 6.07) is 26.8. The van der Waals surface area contributed by atoms with Gasteiger partial charge in [0, 0.05) is 36.6 Å². The average Bonchev–Trinajstić information content (AvgIpc) is 3.52. The molecule has 8 heteroatoms. The van der Waals surface area contributed by atoms with Crippen LogP contribution in [0.4, 0.5) is 16.1 Å². The molecular formula is C33H31FN6O. The van der Waals surface area contributed by atoms with Crippen molar-refractivity contribution in [3.05, 3.63) is 109 Å². The first-order valence-corrected chi connectivity index (χ1v) is 13.5. The van der Waals surface area contributed by atoms with Crippen LogP contribution in [0.1, 0.15) is 32.0 Å². The molecule has 3 heterocycles. The van der Waals surface area contributed by atoms with Crippen LogP contribution in [0.2, 0.25) is 0 Å². The van der Waals surface area contributed by atoms with E-state index >= 15 is 4.48 Å². The maximum Gasteiger partial charge on any atom is 0.240 e. The van der Waals surface area contributed by atoms with Crippen molar-refractivity contribution in [3.8, 4) is 28.6 Å². The van der Waals surface area contributed by atoms with Gasteiger partial charge in [0.15, 0.2) is 0 Å². The lowest BCUT2D eigenvalue weighted by Crippen LogP contribution is -2.14. The summed E-state index contributed by atoms with van der Waals surface area (Å²) >= 11 is 0. The Morgan fingerprint density at radius 1 is 0.854 bits per heavy atom. The van der Waals surface area contributed by atoms with Gasteiger partial charge in [-0.2, -0.15) is 0 Å². The SMILES string of the molecule is Cc1c(-c2ccccc2)ncn1-c1cc(Oc2ccc3c(c2)nc(N(F)c2cccc(C(C)(C)C)c2)n3C)ccn1.